The van der Waals surface area contributed by atoms with Crippen LogP contribution in [0.15, 0.2) is 34.8 Å². The standard InChI is InChI=1S/C16H18BrIN2O/c1-9-7-15(21-3)10(2)6-12(9)16(20-19)13-8-11(18)4-5-14(13)17/h4-8,16,20H,19H2,1-3H3. The van der Waals surface area contributed by atoms with Crippen LogP contribution in [0.4, 0.5) is 0 Å². The molecule has 1 unspecified atom stereocenters. The molecule has 0 amide bonds. The van der Waals surface area contributed by atoms with Crippen LogP contribution in [0.25, 0.3) is 0 Å². The van der Waals surface area contributed by atoms with E-state index in [9.17, 15) is 0 Å². The first kappa shape index (κ1) is 16.7. The van der Waals surface area contributed by atoms with Gasteiger partial charge in [0.25, 0.3) is 0 Å². The third kappa shape index (κ3) is 3.59. The maximum absolute atomic E-state index is 5.84. The van der Waals surface area contributed by atoms with Gasteiger partial charge in [0.15, 0.2) is 0 Å². The molecule has 0 heterocycles. The molecule has 0 bridgehead atoms. The van der Waals surface area contributed by atoms with E-state index in [1.54, 1.807) is 7.11 Å². The lowest BCUT2D eigenvalue weighted by Crippen LogP contribution is -2.29. The molecule has 2 aromatic carbocycles. The molecule has 0 aliphatic heterocycles. The lowest BCUT2D eigenvalue weighted by atomic mass is 9.93. The quantitative estimate of drug-likeness (QED) is 0.407. The molecule has 0 aliphatic carbocycles. The van der Waals surface area contributed by atoms with Crippen LogP contribution >= 0.6 is 38.5 Å². The van der Waals surface area contributed by atoms with Crippen molar-refractivity contribution in [1.29, 1.82) is 0 Å². The van der Waals surface area contributed by atoms with E-state index < -0.39 is 0 Å². The summed E-state index contributed by atoms with van der Waals surface area (Å²) in [6.07, 6.45) is 0. The summed E-state index contributed by atoms with van der Waals surface area (Å²) < 4.78 is 7.60. The largest absolute Gasteiger partial charge is 0.496 e. The number of halogens is 2. The summed E-state index contributed by atoms with van der Waals surface area (Å²) in [6, 6.07) is 10.4. The average molecular weight is 461 g/mol. The molecular weight excluding hydrogens is 443 g/mol. The van der Waals surface area contributed by atoms with Gasteiger partial charge in [0, 0.05) is 8.04 Å². The van der Waals surface area contributed by atoms with Crippen molar-refractivity contribution >= 4 is 38.5 Å². The first-order valence-corrected chi connectivity index (χ1v) is 8.41. The van der Waals surface area contributed by atoms with E-state index in [4.69, 9.17) is 10.6 Å². The Morgan fingerprint density at radius 2 is 1.86 bits per heavy atom. The molecule has 112 valence electrons. The predicted molar refractivity (Wildman–Crippen MR) is 98.5 cm³/mol. The molecule has 3 N–H and O–H groups in total. The second-order valence-electron chi connectivity index (χ2n) is 4.94. The van der Waals surface area contributed by atoms with Gasteiger partial charge in [0.05, 0.1) is 13.2 Å². The Labute approximate surface area is 147 Å². The van der Waals surface area contributed by atoms with E-state index in [2.05, 4.69) is 75.1 Å². The number of hydrogen-bond acceptors (Lipinski definition) is 3. The third-order valence-corrected chi connectivity index (χ3v) is 4.92. The highest BCUT2D eigenvalue weighted by molar-refractivity contribution is 14.1. The van der Waals surface area contributed by atoms with Crippen molar-refractivity contribution in [1.82, 2.24) is 5.43 Å². The number of nitrogens with two attached hydrogens (primary N) is 1. The molecule has 0 aliphatic rings. The number of hydrogen-bond donors (Lipinski definition) is 2. The predicted octanol–water partition coefficient (Wildman–Crippen LogP) is 4.23. The van der Waals surface area contributed by atoms with Gasteiger partial charge in [-0.25, -0.2) is 5.43 Å². The van der Waals surface area contributed by atoms with E-state index in [0.717, 1.165) is 32.5 Å². The van der Waals surface area contributed by atoms with Crippen molar-refractivity contribution in [3.05, 3.63) is 60.6 Å². The second kappa shape index (κ2) is 7.09. The minimum atomic E-state index is -0.0707. The summed E-state index contributed by atoms with van der Waals surface area (Å²) in [5.41, 5.74) is 7.45. The molecule has 0 aromatic heterocycles. The Hall–Kier alpha value is -0.630. The Morgan fingerprint density at radius 3 is 2.48 bits per heavy atom. The Morgan fingerprint density at radius 1 is 1.14 bits per heavy atom. The van der Waals surface area contributed by atoms with Crippen LogP contribution in [0.3, 0.4) is 0 Å². The highest BCUT2D eigenvalue weighted by Crippen LogP contribution is 2.33. The van der Waals surface area contributed by atoms with Crippen molar-refractivity contribution in [2.24, 2.45) is 5.84 Å². The van der Waals surface area contributed by atoms with Crippen LogP contribution in [-0.4, -0.2) is 7.11 Å². The number of methoxy groups -OCH3 is 1. The smallest absolute Gasteiger partial charge is 0.122 e. The summed E-state index contributed by atoms with van der Waals surface area (Å²) in [6.45, 7) is 4.11. The highest BCUT2D eigenvalue weighted by Gasteiger charge is 2.19. The van der Waals surface area contributed by atoms with Gasteiger partial charge in [-0.3, -0.25) is 5.84 Å². The molecule has 0 fully saturated rings. The van der Waals surface area contributed by atoms with Crippen LogP contribution in [0.5, 0.6) is 5.75 Å². The maximum Gasteiger partial charge on any atom is 0.122 e. The van der Waals surface area contributed by atoms with Gasteiger partial charge in [-0.2, -0.15) is 0 Å². The zero-order valence-corrected chi connectivity index (χ0v) is 15.9. The van der Waals surface area contributed by atoms with Crippen LogP contribution < -0.4 is 16.0 Å². The fourth-order valence-electron chi connectivity index (χ4n) is 2.43. The molecule has 0 radical (unpaired) electrons. The van der Waals surface area contributed by atoms with Gasteiger partial charge >= 0.3 is 0 Å². The first-order chi connectivity index (χ1) is 9.97. The number of hydrazine groups is 1. The summed E-state index contributed by atoms with van der Waals surface area (Å²) in [5, 5.41) is 0. The van der Waals surface area contributed by atoms with Gasteiger partial charge in [-0.05, 0) is 83.0 Å². The van der Waals surface area contributed by atoms with E-state index >= 15 is 0 Å². The molecule has 0 saturated heterocycles. The number of aryl methyl sites for hydroxylation is 2. The Bertz CT molecular complexity index is 661. The molecule has 0 spiro atoms. The normalized spacial score (nSPS) is 12.3. The third-order valence-electron chi connectivity index (χ3n) is 3.53. The fraction of sp³-hybridized carbons (Fsp3) is 0.250. The second-order valence-corrected chi connectivity index (χ2v) is 7.04. The van der Waals surface area contributed by atoms with Crippen molar-refractivity contribution in [3.63, 3.8) is 0 Å². The number of nitrogens with one attached hydrogen (secondary N) is 1. The van der Waals surface area contributed by atoms with Gasteiger partial charge in [-0.15, -0.1) is 0 Å². The number of ether oxygens (including phenoxy) is 1. The van der Waals surface area contributed by atoms with Crippen LogP contribution in [0, 0.1) is 17.4 Å². The zero-order chi connectivity index (χ0) is 15.6. The number of benzene rings is 2. The number of rotatable bonds is 4. The van der Waals surface area contributed by atoms with Crippen molar-refractivity contribution < 1.29 is 4.74 Å². The zero-order valence-electron chi connectivity index (χ0n) is 12.2. The maximum atomic E-state index is 5.84. The molecule has 2 aromatic rings. The van der Waals surface area contributed by atoms with E-state index in [0.29, 0.717) is 0 Å². The molecule has 3 nitrogen and oxygen atoms in total. The Kier molecular flexibility index (Phi) is 5.65. The minimum Gasteiger partial charge on any atom is -0.496 e. The van der Waals surface area contributed by atoms with Crippen LogP contribution in [0.1, 0.15) is 28.3 Å². The van der Waals surface area contributed by atoms with Crippen molar-refractivity contribution in [2.75, 3.05) is 7.11 Å². The van der Waals surface area contributed by atoms with Gasteiger partial charge in [-0.1, -0.05) is 22.0 Å². The highest BCUT2D eigenvalue weighted by atomic mass is 127. The first-order valence-electron chi connectivity index (χ1n) is 6.54. The molecular formula is C16H18BrIN2O. The topological polar surface area (TPSA) is 47.3 Å². The van der Waals surface area contributed by atoms with Crippen molar-refractivity contribution in [2.45, 2.75) is 19.9 Å². The van der Waals surface area contributed by atoms with Gasteiger partial charge in [0.2, 0.25) is 0 Å². The summed E-state index contributed by atoms with van der Waals surface area (Å²) in [4.78, 5) is 0. The van der Waals surface area contributed by atoms with Crippen LogP contribution in [-0.2, 0) is 0 Å². The van der Waals surface area contributed by atoms with E-state index in [1.165, 1.54) is 3.57 Å². The summed E-state index contributed by atoms with van der Waals surface area (Å²) >= 11 is 5.93. The molecule has 21 heavy (non-hydrogen) atoms. The molecule has 0 saturated carbocycles. The summed E-state index contributed by atoms with van der Waals surface area (Å²) in [7, 11) is 1.69. The molecule has 2 rings (SSSR count). The summed E-state index contributed by atoms with van der Waals surface area (Å²) in [5.74, 6) is 6.74. The average Bonchev–Trinajstić information content (AvgIpc) is 2.46. The van der Waals surface area contributed by atoms with E-state index in [1.807, 2.05) is 13.0 Å². The Balaban J connectivity index is 2.56. The lowest BCUT2D eigenvalue weighted by Gasteiger charge is -2.22. The van der Waals surface area contributed by atoms with Crippen LogP contribution in [0.2, 0.25) is 0 Å². The molecule has 5 heteroatoms. The molecule has 1 atom stereocenters. The van der Waals surface area contributed by atoms with E-state index in [-0.39, 0.29) is 6.04 Å². The monoisotopic (exact) mass is 460 g/mol. The van der Waals surface area contributed by atoms with Gasteiger partial charge in [0.1, 0.15) is 5.75 Å². The minimum absolute atomic E-state index is 0.0707. The van der Waals surface area contributed by atoms with Gasteiger partial charge < -0.3 is 4.74 Å². The SMILES string of the molecule is COc1cc(C)c(C(NN)c2cc(I)ccc2Br)cc1C. The van der Waals surface area contributed by atoms with Crippen molar-refractivity contribution in [3.8, 4) is 5.75 Å². The fourth-order valence-corrected chi connectivity index (χ4v) is 3.42. The lowest BCUT2D eigenvalue weighted by molar-refractivity contribution is 0.411.